The molecule has 168 valence electrons. The number of rotatable bonds is 7. The molecule has 3 heterocycles. The smallest absolute Gasteiger partial charge is 0.404 e. The van der Waals surface area contributed by atoms with Gasteiger partial charge in [0.15, 0.2) is 5.15 Å². The van der Waals surface area contributed by atoms with Crippen LogP contribution in [0.25, 0.3) is 11.0 Å². The Labute approximate surface area is 189 Å². The van der Waals surface area contributed by atoms with Crippen LogP contribution in [0.4, 0.5) is 15.0 Å². The van der Waals surface area contributed by atoms with E-state index in [1.165, 1.54) is 18.5 Å². The Morgan fingerprint density at radius 1 is 1.34 bits per heavy atom. The zero-order chi connectivity index (χ0) is 22.7. The van der Waals surface area contributed by atoms with Gasteiger partial charge in [0.1, 0.15) is 35.3 Å². The number of nitrogens with zero attached hydrogens (tertiary/aromatic N) is 4. The standard InChI is InChI=1S/C22H23ClFN5O3/c1-13(32-22(25)30)8-10-31-18-6-4-14(24)11-15(18)17-3-2-9-29(17)19-7-5-16-20(28-19)21(23)27-12-26-16/h4-7,11-13,17H,2-3,8-10H2,1H3,(H2,25,30)/t13?,17-/m1/s1. The van der Waals surface area contributed by atoms with Gasteiger partial charge in [0.05, 0.1) is 18.2 Å². The molecule has 0 saturated carbocycles. The molecular formula is C22H23ClFN5O3. The number of fused-ring (bicyclic) bond motifs is 1. The summed E-state index contributed by atoms with van der Waals surface area (Å²) < 4.78 is 25.1. The lowest BCUT2D eigenvalue weighted by molar-refractivity contribution is 0.101. The van der Waals surface area contributed by atoms with Gasteiger partial charge >= 0.3 is 6.09 Å². The van der Waals surface area contributed by atoms with Crippen LogP contribution in [0.5, 0.6) is 5.75 Å². The first-order chi connectivity index (χ1) is 15.4. The van der Waals surface area contributed by atoms with E-state index in [9.17, 15) is 9.18 Å². The van der Waals surface area contributed by atoms with Crippen LogP contribution in [0.2, 0.25) is 5.15 Å². The minimum Gasteiger partial charge on any atom is -0.493 e. The topological polar surface area (TPSA) is 103 Å². The zero-order valence-corrected chi connectivity index (χ0v) is 18.3. The number of aromatic nitrogens is 3. The maximum absolute atomic E-state index is 14.2. The molecule has 4 rings (SSSR count). The minimum absolute atomic E-state index is 0.117. The number of primary amides is 1. The summed E-state index contributed by atoms with van der Waals surface area (Å²) in [7, 11) is 0. The molecule has 2 aromatic heterocycles. The molecular weight excluding hydrogens is 437 g/mol. The van der Waals surface area contributed by atoms with Gasteiger partial charge in [-0.1, -0.05) is 11.6 Å². The van der Waals surface area contributed by atoms with Crippen LogP contribution in [0.1, 0.15) is 37.8 Å². The summed E-state index contributed by atoms with van der Waals surface area (Å²) in [5, 5.41) is 0.287. The number of anilines is 1. The Balaban J connectivity index is 1.58. The highest BCUT2D eigenvalue weighted by Gasteiger charge is 2.30. The van der Waals surface area contributed by atoms with Crippen LogP contribution < -0.4 is 15.4 Å². The Morgan fingerprint density at radius 2 is 2.19 bits per heavy atom. The van der Waals surface area contributed by atoms with E-state index in [0.717, 1.165) is 30.8 Å². The first-order valence-electron chi connectivity index (χ1n) is 10.3. The van der Waals surface area contributed by atoms with Crippen molar-refractivity contribution in [1.82, 2.24) is 15.0 Å². The second-order valence-electron chi connectivity index (χ2n) is 7.62. The number of carbonyl (C=O) groups is 1. The Kier molecular flexibility index (Phi) is 6.55. The van der Waals surface area contributed by atoms with Crippen molar-refractivity contribution in [2.75, 3.05) is 18.1 Å². The average molecular weight is 460 g/mol. The molecule has 1 fully saturated rings. The van der Waals surface area contributed by atoms with E-state index >= 15 is 0 Å². The Morgan fingerprint density at radius 3 is 3.00 bits per heavy atom. The lowest BCUT2D eigenvalue weighted by Gasteiger charge is -2.28. The average Bonchev–Trinajstić information content (AvgIpc) is 3.24. The highest BCUT2D eigenvalue weighted by atomic mass is 35.5. The zero-order valence-electron chi connectivity index (χ0n) is 17.5. The molecule has 1 saturated heterocycles. The quantitative estimate of drug-likeness (QED) is 0.522. The van der Waals surface area contributed by atoms with E-state index < -0.39 is 6.09 Å². The number of hydrogen-bond acceptors (Lipinski definition) is 7. The molecule has 32 heavy (non-hydrogen) atoms. The fourth-order valence-electron chi connectivity index (χ4n) is 3.93. The number of hydrogen-bond donors (Lipinski definition) is 1. The first kappa shape index (κ1) is 22.0. The van der Waals surface area contributed by atoms with Crippen molar-refractivity contribution >= 4 is 34.5 Å². The molecule has 1 aliphatic rings. The predicted octanol–water partition coefficient (Wildman–Crippen LogP) is 4.41. The summed E-state index contributed by atoms with van der Waals surface area (Å²) in [6, 6.07) is 8.11. The molecule has 3 aromatic rings. The van der Waals surface area contributed by atoms with Crippen LogP contribution in [0.3, 0.4) is 0 Å². The summed E-state index contributed by atoms with van der Waals surface area (Å²) in [4.78, 5) is 25.9. The van der Waals surface area contributed by atoms with E-state index in [-0.39, 0.29) is 23.1 Å². The first-order valence-corrected chi connectivity index (χ1v) is 10.7. The molecule has 2 atom stereocenters. The van der Waals surface area contributed by atoms with Crippen LogP contribution in [-0.4, -0.2) is 40.3 Å². The fourth-order valence-corrected chi connectivity index (χ4v) is 4.11. The number of carbonyl (C=O) groups excluding carboxylic acids is 1. The third kappa shape index (κ3) is 4.83. The molecule has 0 aliphatic carbocycles. The second kappa shape index (κ2) is 9.52. The summed E-state index contributed by atoms with van der Waals surface area (Å²) in [5.41, 5.74) is 6.97. The van der Waals surface area contributed by atoms with Gasteiger partial charge in [-0.3, -0.25) is 0 Å². The number of nitrogens with two attached hydrogens (primary N) is 1. The molecule has 2 N–H and O–H groups in total. The highest BCUT2D eigenvalue weighted by Crippen LogP contribution is 2.40. The molecule has 1 aliphatic heterocycles. The van der Waals surface area contributed by atoms with Crippen molar-refractivity contribution in [3.05, 3.63) is 53.2 Å². The van der Waals surface area contributed by atoms with Crippen LogP contribution >= 0.6 is 11.6 Å². The van der Waals surface area contributed by atoms with Crippen molar-refractivity contribution in [3.63, 3.8) is 0 Å². The second-order valence-corrected chi connectivity index (χ2v) is 7.98. The third-order valence-corrected chi connectivity index (χ3v) is 5.68. The predicted molar refractivity (Wildman–Crippen MR) is 118 cm³/mol. The van der Waals surface area contributed by atoms with Gasteiger partial charge < -0.3 is 20.1 Å². The number of amides is 1. The lowest BCUT2D eigenvalue weighted by Crippen LogP contribution is -2.25. The van der Waals surface area contributed by atoms with Gasteiger partial charge in [-0.2, -0.15) is 0 Å². The third-order valence-electron chi connectivity index (χ3n) is 5.40. The van der Waals surface area contributed by atoms with Crippen molar-refractivity contribution in [3.8, 4) is 5.75 Å². The van der Waals surface area contributed by atoms with E-state index in [2.05, 4.69) is 19.9 Å². The van der Waals surface area contributed by atoms with Crippen LogP contribution in [0, 0.1) is 5.82 Å². The largest absolute Gasteiger partial charge is 0.493 e. The monoisotopic (exact) mass is 459 g/mol. The normalized spacial score (nSPS) is 16.8. The molecule has 1 aromatic carbocycles. The van der Waals surface area contributed by atoms with E-state index in [4.69, 9.17) is 26.8 Å². The van der Waals surface area contributed by atoms with Crippen LogP contribution in [-0.2, 0) is 4.74 Å². The van der Waals surface area contributed by atoms with E-state index in [1.807, 2.05) is 12.1 Å². The van der Waals surface area contributed by atoms with Gasteiger partial charge in [0.25, 0.3) is 0 Å². The Hall–Kier alpha value is -3.20. The highest BCUT2D eigenvalue weighted by molar-refractivity contribution is 6.33. The lowest BCUT2D eigenvalue weighted by atomic mass is 10.0. The molecule has 0 bridgehead atoms. The summed E-state index contributed by atoms with van der Waals surface area (Å²) in [6.07, 6.45) is 2.39. The van der Waals surface area contributed by atoms with Crippen molar-refractivity contribution in [2.24, 2.45) is 5.73 Å². The number of pyridine rings is 1. The van der Waals surface area contributed by atoms with Crippen LogP contribution in [0.15, 0.2) is 36.7 Å². The molecule has 8 nitrogen and oxygen atoms in total. The summed E-state index contributed by atoms with van der Waals surface area (Å²) in [5.74, 6) is 0.958. The number of halogens is 2. The van der Waals surface area contributed by atoms with Crippen molar-refractivity contribution in [2.45, 2.75) is 38.3 Å². The SMILES string of the molecule is CC(CCOc1ccc(F)cc1[C@H]1CCCN1c1ccc2ncnc(Cl)c2n1)OC(N)=O. The maximum atomic E-state index is 14.2. The van der Waals surface area contributed by atoms with Gasteiger partial charge in [0, 0.05) is 18.5 Å². The van der Waals surface area contributed by atoms with Gasteiger partial charge in [0.2, 0.25) is 0 Å². The Bertz CT molecular complexity index is 1130. The van der Waals surface area contributed by atoms with Gasteiger partial charge in [-0.05, 0) is 50.1 Å². The molecule has 1 unspecified atom stereocenters. The van der Waals surface area contributed by atoms with Gasteiger partial charge in [-0.25, -0.2) is 24.1 Å². The molecule has 0 spiro atoms. The van der Waals surface area contributed by atoms with Gasteiger partial charge in [-0.15, -0.1) is 0 Å². The number of ether oxygens (including phenoxy) is 2. The van der Waals surface area contributed by atoms with Crippen molar-refractivity contribution < 1.29 is 18.7 Å². The molecule has 10 heteroatoms. The van der Waals surface area contributed by atoms with Crippen molar-refractivity contribution in [1.29, 1.82) is 0 Å². The molecule has 0 radical (unpaired) electrons. The van der Waals surface area contributed by atoms with E-state index in [1.54, 1.807) is 13.0 Å². The molecule has 1 amide bonds. The summed E-state index contributed by atoms with van der Waals surface area (Å²) >= 11 is 6.21. The number of benzene rings is 1. The fraction of sp³-hybridized carbons (Fsp3) is 0.364. The maximum Gasteiger partial charge on any atom is 0.404 e. The summed E-state index contributed by atoms with van der Waals surface area (Å²) in [6.45, 7) is 2.79. The van der Waals surface area contributed by atoms with E-state index in [0.29, 0.717) is 29.8 Å². The minimum atomic E-state index is -0.824.